The highest BCUT2D eigenvalue weighted by molar-refractivity contribution is 6.15. The maximum Gasteiger partial charge on any atom is 0.120 e. The molecular formula is C37H36N2. The van der Waals surface area contributed by atoms with Gasteiger partial charge < -0.3 is 9.80 Å². The van der Waals surface area contributed by atoms with E-state index in [9.17, 15) is 0 Å². The topological polar surface area (TPSA) is 6.48 Å². The van der Waals surface area contributed by atoms with Crippen molar-refractivity contribution in [2.24, 2.45) is 0 Å². The van der Waals surface area contributed by atoms with Crippen LogP contribution in [0.4, 0.5) is 11.4 Å². The van der Waals surface area contributed by atoms with Gasteiger partial charge in [-0.25, -0.2) is 0 Å². The molecule has 0 N–H and O–H groups in total. The number of hydrogen-bond acceptors (Lipinski definition) is 2. The zero-order chi connectivity index (χ0) is 26.3. The molecule has 4 aliphatic rings. The van der Waals surface area contributed by atoms with E-state index in [1.165, 1.54) is 93.8 Å². The van der Waals surface area contributed by atoms with Crippen molar-refractivity contribution in [3.8, 4) is 11.1 Å². The monoisotopic (exact) mass is 508 g/mol. The standard InChI is InChI=1S/C37H36N2/c1-24-21-30-29-20-19-27(25-13-7-4-8-14-25)23-31(29)35-33(26-15-9-5-10-16-26)38(28-17-11-6-12-18-28)36-37(2,3)32(22-24)34(30)39(35)36/h5-6,9-12,15-23,25,36H,4,7-8,13-14H2,1-3H3. The van der Waals surface area contributed by atoms with E-state index in [1.807, 2.05) is 0 Å². The Hall–Kier alpha value is -3.78. The highest BCUT2D eigenvalue weighted by Gasteiger charge is 2.57. The highest BCUT2D eigenvalue weighted by atomic mass is 15.5. The number of hydrogen-bond donors (Lipinski definition) is 0. The number of anilines is 2. The van der Waals surface area contributed by atoms with Crippen LogP contribution < -0.4 is 9.80 Å². The molecule has 1 fully saturated rings. The number of para-hydroxylation sites is 1. The summed E-state index contributed by atoms with van der Waals surface area (Å²) in [7, 11) is 0. The quantitative estimate of drug-likeness (QED) is 0.272. The van der Waals surface area contributed by atoms with E-state index in [-0.39, 0.29) is 11.6 Å². The van der Waals surface area contributed by atoms with E-state index in [4.69, 9.17) is 0 Å². The Morgan fingerprint density at radius 3 is 2.13 bits per heavy atom. The summed E-state index contributed by atoms with van der Waals surface area (Å²) in [6.45, 7) is 7.16. The Bertz CT molecular complexity index is 1620. The average Bonchev–Trinajstić information content (AvgIpc) is 3.45. The molecule has 0 saturated heterocycles. The molecule has 8 rings (SSSR count). The van der Waals surface area contributed by atoms with Gasteiger partial charge in [0.05, 0.1) is 17.1 Å². The second-order valence-electron chi connectivity index (χ2n) is 12.6. The van der Waals surface area contributed by atoms with E-state index in [2.05, 4.69) is 122 Å². The second-order valence-corrected chi connectivity index (χ2v) is 12.6. The average molecular weight is 509 g/mol. The van der Waals surface area contributed by atoms with Crippen molar-refractivity contribution >= 4 is 22.8 Å². The largest absolute Gasteiger partial charge is 0.317 e. The van der Waals surface area contributed by atoms with Crippen LogP contribution in [-0.2, 0) is 5.41 Å². The van der Waals surface area contributed by atoms with Gasteiger partial charge in [-0.15, -0.1) is 0 Å². The Morgan fingerprint density at radius 2 is 1.38 bits per heavy atom. The lowest BCUT2D eigenvalue weighted by atomic mass is 9.79. The minimum absolute atomic E-state index is 0.0675. The Kier molecular flexibility index (Phi) is 4.96. The third-order valence-electron chi connectivity index (χ3n) is 9.78. The first kappa shape index (κ1) is 23.1. The summed E-state index contributed by atoms with van der Waals surface area (Å²) in [6, 6.07) is 34.5. The zero-order valence-electron chi connectivity index (χ0n) is 23.2. The van der Waals surface area contributed by atoms with Crippen molar-refractivity contribution in [1.82, 2.24) is 0 Å². The maximum atomic E-state index is 2.71. The molecule has 4 aromatic carbocycles. The Morgan fingerprint density at radius 1 is 0.667 bits per heavy atom. The summed E-state index contributed by atoms with van der Waals surface area (Å²) in [5, 5.41) is 0. The summed E-state index contributed by atoms with van der Waals surface area (Å²) in [5.74, 6) is 0.678. The van der Waals surface area contributed by atoms with Crippen molar-refractivity contribution in [2.75, 3.05) is 9.80 Å². The second kappa shape index (κ2) is 8.36. The third kappa shape index (κ3) is 3.21. The van der Waals surface area contributed by atoms with Gasteiger partial charge in [0, 0.05) is 27.8 Å². The fraction of sp³-hybridized carbons (Fsp3) is 0.297. The first-order chi connectivity index (χ1) is 19.0. The molecule has 0 aromatic heterocycles. The van der Waals surface area contributed by atoms with Crippen LogP contribution in [0.15, 0.2) is 91.0 Å². The van der Waals surface area contributed by atoms with Gasteiger partial charge in [0.15, 0.2) is 0 Å². The van der Waals surface area contributed by atoms with Crippen LogP contribution >= 0.6 is 0 Å². The van der Waals surface area contributed by atoms with Crippen molar-refractivity contribution in [3.63, 3.8) is 0 Å². The van der Waals surface area contributed by atoms with E-state index in [1.54, 1.807) is 0 Å². The smallest absolute Gasteiger partial charge is 0.120 e. The minimum atomic E-state index is -0.0675. The summed E-state index contributed by atoms with van der Waals surface area (Å²) < 4.78 is 0. The lowest BCUT2D eigenvalue weighted by Gasteiger charge is -2.38. The van der Waals surface area contributed by atoms with E-state index in [0.717, 1.165) is 0 Å². The molecule has 0 radical (unpaired) electrons. The number of rotatable bonds is 3. The molecule has 3 aliphatic heterocycles. The normalized spacial score (nSPS) is 20.8. The summed E-state index contributed by atoms with van der Waals surface area (Å²) in [4.78, 5) is 5.36. The molecular weight excluding hydrogens is 472 g/mol. The predicted octanol–water partition coefficient (Wildman–Crippen LogP) is 9.49. The molecule has 1 saturated carbocycles. The number of nitrogens with zero attached hydrogens (tertiary/aromatic N) is 2. The Balaban J connectivity index is 1.48. The molecule has 4 aromatic rings. The lowest BCUT2D eigenvalue weighted by molar-refractivity contribution is 0.443. The van der Waals surface area contributed by atoms with Crippen LogP contribution in [0.1, 0.15) is 79.7 Å². The molecule has 194 valence electrons. The van der Waals surface area contributed by atoms with Crippen LogP contribution in [-0.4, -0.2) is 6.17 Å². The van der Waals surface area contributed by atoms with Crippen molar-refractivity contribution in [3.05, 3.63) is 119 Å². The van der Waals surface area contributed by atoms with E-state index in [0.29, 0.717) is 5.92 Å². The minimum Gasteiger partial charge on any atom is -0.317 e. The van der Waals surface area contributed by atoms with Crippen LogP contribution in [0.2, 0.25) is 0 Å². The lowest BCUT2D eigenvalue weighted by Crippen LogP contribution is -2.48. The fourth-order valence-corrected chi connectivity index (χ4v) is 8.01. The van der Waals surface area contributed by atoms with Gasteiger partial charge in [-0.2, -0.15) is 0 Å². The summed E-state index contributed by atoms with van der Waals surface area (Å²) in [6.07, 6.45) is 6.91. The highest BCUT2D eigenvalue weighted by Crippen LogP contribution is 2.63. The molecule has 1 unspecified atom stereocenters. The summed E-state index contributed by atoms with van der Waals surface area (Å²) >= 11 is 0. The van der Waals surface area contributed by atoms with Gasteiger partial charge in [-0.1, -0.05) is 105 Å². The summed E-state index contributed by atoms with van der Waals surface area (Å²) in [5.41, 5.74) is 15.1. The number of benzene rings is 4. The van der Waals surface area contributed by atoms with Crippen molar-refractivity contribution < 1.29 is 0 Å². The van der Waals surface area contributed by atoms with Gasteiger partial charge in [-0.3, -0.25) is 0 Å². The molecule has 0 amide bonds. The first-order valence-corrected chi connectivity index (χ1v) is 14.8. The molecule has 1 aliphatic carbocycles. The fourth-order valence-electron chi connectivity index (χ4n) is 8.01. The van der Waals surface area contributed by atoms with Gasteiger partial charge in [0.2, 0.25) is 0 Å². The van der Waals surface area contributed by atoms with Gasteiger partial charge in [-0.05, 0) is 66.6 Å². The number of aryl methyl sites for hydroxylation is 1. The SMILES string of the molecule is Cc1cc2c3c(c1)C(C)(C)C1N(c4ccccc4)C(c4ccccc4)=C(c4cc(C5CCCCC5)ccc4-2)N31. The third-order valence-corrected chi connectivity index (χ3v) is 9.78. The molecule has 0 spiro atoms. The van der Waals surface area contributed by atoms with Crippen LogP contribution in [0.3, 0.4) is 0 Å². The molecule has 3 heterocycles. The van der Waals surface area contributed by atoms with Crippen molar-refractivity contribution in [1.29, 1.82) is 0 Å². The van der Waals surface area contributed by atoms with Crippen LogP contribution in [0.25, 0.3) is 22.5 Å². The van der Waals surface area contributed by atoms with E-state index < -0.39 is 0 Å². The number of fused-ring (bicyclic) bond motifs is 3. The molecule has 2 heteroatoms. The first-order valence-electron chi connectivity index (χ1n) is 14.8. The van der Waals surface area contributed by atoms with E-state index >= 15 is 0 Å². The van der Waals surface area contributed by atoms with Crippen molar-refractivity contribution in [2.45, 2.75) is 70.4 Å². The molecule has 1 atom stereocenters. The molecule has 39 heavy (non-hydrogen) atoms. The van der Waals surface area contributed by atoms with Crippen LogP contribution in [0.5, 0.6) is 0 Å². The zero-order valence-corrected chi connectivity index (χ0v) is 23.2. The molecule has 0 bridgehead atoms. The molecule has 2 nitrogen and oxygen atoms in total. The maximum absolute atomic E-state index is 2.71. The van der Waals surface area contributed by atoms with Gasteiger partial charge in [0.25, 0.3) is 0 Å². The predicted molar refractivity (Wildman–Crippen MR) is 164 cm³/mol. The van der Waals surface area contributed by atoms with Gasteiger partial charge in [0.1, 0.15) is 6.17 Å². The Labute approximate surface area is 232 Å². The van der Waals surface area contributed by atoms with Gasteiger partial charge >= 0.3 is 0 Å². The van der Waals surface area contributed by atoms with Crippen LogP contribution in [0, 0.1) is 6.92 Å².